The summed E-state index contributed by atoms with van der Waals surface area (Å²) >= 11 is 0. The number of rotatable bonds is 6. The molecule has 2 aromatic rings. The second-order valence-electron chi connectivity index (χ2n) is 7.09. The highest BCUT2D eigenvalue weighted by atomic mass is 16.3. The lowest BCUT2D eigenvalue weighted by Crippen LogP contribution is -2.41. The fourth-order valence-corrected chi connectivity index (χ4v) is 3.33. The van der Waals surface area contributed by atoms with Crippen molar-refractivity contribution in [3.8, 4) is 0 Å². The predicted octanol–water partition coefficient (Wildman–Crippen LogP) is 3.20. The molecule has 3 rings (SSSR count). The molecule has 2 heterocycles. The van der Waals surface area contributed by atoms with Crippen LogP contribution in [-0.4, -0.2) is 36.3 Å². The Bertz CT molecular complexity index is 788. The van der Waals surface area contributed by atoms with Crippen molar-refractivity contribution in [2.45, 2.75) is 26.2 Å². The number of carbonyl (C=O) groups excluding carboxylic acids is 2. The van der Waals surface area contributed by atoms with Gasteiger partial charge in [-0.3, -0.25) is 9.59 Å². The van der Waals surface area contributed by atoms with E-state index in [0.717, 1.165) is 31.5 Å². The van der Waals surface area contributed by atoms with Crippen molar-refractivity contribution in [2.75, 3.05) is 19.6 Å². The molecule has 5 heteroatoms. The molecule has 2 amide bonds. The summed E-state index contributed by atoms with van der Waals surface area (Å²) in [6, 6.07) is 11.6. The zero-order chi connectivity index (χ0) is 19.1. The van der Waals surface area contributed by atoms with Gasteiger partial charge in [0.2, 0.25) is 11.8 Å². The Balaban J connectivity index is 1.38. The van der Waals surface area contributed by atoms with Crippen molar-refractivity contribution in [1.82, 2.24) is 10.2 Å². The molecule has 5 nitrogen and oxygen atoms in total. The number of carbonyl (C=O) groups is 2. The minimum absolute atomic E-state index is 0.00772. The Hall–Kier alpha value is -2.82. The van der Waals surface area contributed by atoms with Gasteiger partial charge in [0.05, 0.1) is 12.7 Å². The molecule has 1 aromatic carbocycles. The van der Waals surface area contributed by atoms with Gasteiger partial charge in [0, 0.05) is 25.7 Å². The van der Waals surface area contributed by atoms with E-state index in [9.17, 15) is 9.59 Å². The molecule has 0 saturated carbocycles. The lowest BCUT2D eigenvalue weighted by Gasteiger charge is -2.31. The smallest absolute Gasteiger partial charge is 0.246 e. The third-order valence-corrected chi connectivity index (χ3v) is 4.89. The van der Waals surface area contributed by atoms with E-state index in [2.05, 4.69) is 5.32 Å². The van der Waals surface area contributed by atoms with Gasteiger partial charge in [-0.15, -0.1) is 0 Å². The summed E-state index contributed by atoms with van der Waals surface area (Å²) in [7, 11) is 0. The van der Waals surface area contributed by atoms with Crippen LogP contribution in [0.25, 0.3) is 6.08 Å². The number of piperidine rings is 1. The van der Waals surface area contributed by atoms with Crippen molar-refractivity contribution in [3.05, 3.63) is 65.6 Å². The molecule has 1 fully saturated rings. The predicted molar refractivity (Wildman–Crippen MR) is 105 cm³/mol. The molecule has 0 aliphatic carbocycles. The maximum atomic E-state index is 12.2. The second kappa shape index (κ2) is 9.21. The zero-order valence-electron chi connectivity index (χ0n) is 15.7. The summed E-state index contributed by atoms with van der Waals surface area (Å²) in [6.07, 6.45) is 7.07. The number of hydrogen-bond donors (Lipinski definition) is 1. The lowest BCUT2D eigenvalue weighted by molar-refractivity contribution is -0.127. The highest BCUT2D eigenvalue weighted by Crippen LogP contribution is 2.17. The van der Waals surface area contributed by atoms with Crippen LogP contribution in [0.1, 0.15) is 29.7 Å². The standard InChI is InChI=1S/C22H26N2O3/c1-17-4-2-5-19(14-17)15-21(25)23-16-18-9-11-24(12-10-18)22(26)8-7-20-6-3-13-27-20/h2-8,13-14,18H,9-12,15-16H2,1H3,(H,23,25)/b8-7+. The Morgan fingerprint density at radius 3 is 2.74 bits per heavy atom. The van der Waals surface area contributed by atoms with E-state index in [1.807, 2.05) is 42.2 Å². The summed E-state index contributed by atoms with van der Waals surface area (Å²) in [5.41, 5.74) is 2.20. The number of amides is 2. The maximum absolute atomic E-state index is 12.2. The number of aryl methyl sites for hydroxylation is 1. The van der Waals surface area contributed by atoms with Crippen LogP contribution >= 0.6 is 0 Å². The van der Waals surface area contributed by atoms with Gasteiger partial charge in [0.15, 0.2) is 0 Å². The van der Waals surface area contributed by atoms with E-state index in [-0.39, 0.29) is 11.8 Å². The Morgan fingerprint density at radius 1 is 1.22 bits per heavy atom. The molecule has 1 aliphatic rings. The molecule has 142 valence electrons. The van der Waals surface area contributed by atoms with Gasteiger partial charge < -0.3 is 14.6 Å². The summed E-state index contributed by atoms with van der Waals surface area (Å²) in [4.78, 5) is 26.2. The summed E-state index contributed by atoms with van der Waals surface area (Å²) in [5, 5.41) is 3.04. The highest BCUT2D eigenvalue weighted by molar-refractivity contribution is 5.91. The van der Waals surface area contributed by atoms with E-state index >= 15 is 0 Å². The fourth-order valence-electron chi connectivity index (χ4n) is 3.33. The molecular formula is C22H26N2O3. The van der Waals surface area contributed by atoms with E-state index in [1.54, 1.807) is 24.5 Å². The Labute approximate surface area is 160 Å². The minimum atomic E-state index is 0.00772. The maximum Gasteiger partial charge on any atom is 0.246 e. The number of nitrogens with one attached hydrogen (secondary N) is 1. The second-order valence-corrected chi connectivity index (χ2v) is 7.09. The van der Waals surface area contributed by atoms with Gasteiger partial charge in [-0.2, -0.15) is 0 Å². The van der Waals surface area contributed by atoms with Crippen molar-refractivity contribution in [3.63, 3.8) is 0 Å². The average molecular weight is 366 g/mol. The molecule has 1 aromatic heterocycles. The number of benzene rings is 1. The molecule has 27 heavy (non-hydrogen) atoms. The molecule has 0 unspecified atom stereocenters. The zero-order valence-corrected chi connectivity index (χ0v) is 15.7. The van der Waals surface area contributed by atoms with Crippen LogP contribution < -0.4 is 5.32 Å². The fraction of sp³-hybridized carbons (Fsp3) is 0.364. The lowest BCUT2D eigenvalue weighted by atomic mass is 9.96. The molecule has 0 spiro atoms. The van der Waals surface area contributed by atoms with Crippen LogP contribution in [-0.2, 0) is 16.0 Å². The number of likely N-dealkylation sites (tertiary alicyclic amines) is 1. The van der Waals surface area contributed by atoms with Gasteiger partial charge in [0.25, 0.3) is 0 Å². The molecule has 1 saturated heterocycles. The topological polar surface area (TPSA) is 62.6 Å². The first-order valence-corrected chi connectivity index (χ1v) is 9.43. The van der Waals surface area contributed by atoms with Crippen LogP contribution in [0.3, 0.4) is 0 Å². The van der Waals surface area contributed by atoms with Crippen molar-refractivity contribution in [1.29, 1.82) is 0 Å². The van der Waals surface area contributed by atoms with E-state index in [0.29, 0.717) is 24.6 Å². The van der Waals surface area contributed by atoms with Gasteiger partial charge in [-0.1, -0.05) is 29.8 Å². The first kappa shape index (κ1) is 19.0. The van der Waals surface area contributed by atoms with E-state index in [1.165, 1.54) is 5.56 Å². The van der Waals surface area contributed by atoms with Crippen molar-refractivity contribution >= 4 is 17.9 Å². The van der Waals surface area contributed by atoms with Crippen LogP contribution in [0, 0.1) is 12.8 Å². The normalized spacial score (nSPS) is 15.2. The van der Waals surface area contributed by atoms with Crippen LogP contribution in [0.2, 0.25) is 0 Å². The third-order valence-electron chi connectivity index (χ3n) is 4.89. The minimum Gasteiger partial charge on any atom is -0.465 e. The van der Waals surface area contributed by atoms with Crippen LogP contribution in [0.4, 0.5) is 0 Å². The number of nitrogens with zero attached hydrogens (tertiary/aromatic N) is 1. The Kier molecular flexibility index (Phi) is 6.47. The third kappa shape index (κ3) is 5.84. The molecule has 0 radical (unpaired) electrons. The first-order valence-electron chi connectivity index (χ1n) is 9.43. The van der Waals surface area contributed by atoms with Crippen LogP contribution in [0.5, 0.6) is 0 Å². The first-order chi connectivity index (χ1) is 13.1. The molecular weight excluding hydrogens is 340 g/mol. The summed E-state index contributed by atoms with van der Waals surface area (Å²) < 4.78 is 5.19. The van der Waals surface area contributed by atoms with Crippen LogP contribution in [0.15, 0.2) is 53.2 Å². The van der Waals surface area contributed by atoms with Crippen molar-refractivity contribution in [2.24, 2.45) is 5.92 Å². The van der Waals surface area contributed by atoms with Gasteiger partial charge in [-0.05, 0) is 49.5 Å². The molecule has 0 bridgehead atoms. The number of furan rings is 1. The van der Waals surface area contributed by atoms with Gasteiger partial charge in [-0.25, -0.2) is 0 Å². The monoisotopic (exact) mass is 366 g/mol. The van der Waals surface area contributed by atoms with E-state index in [4.69, 9.17) is 4.42 Å². The highest BCUT2D eigenvalue weighted by Gasteiger charge is 2.22. The van der Waals surface area contributed by atoms with Gasteiger partial charge in [0.1, 0.15) is 5.76 Å². The molecule has 1 aliphatic heterocycles. The quantitative estimate of drug-likeness (QED) is 0.799. The molecule has 0 atom stereocenters. The summed E-state index contributed by atoms with van der Waals surface area (Å²) in [5.74, 6) is 1.16. The van der Waals surface area contributed by atoms with Gasteiger partial charge >= 0.3 is 0 Å². The SMILES string of the molecule is Cc1cccc(CC(=O)NCC2CCN(C(=O)/C=C/c3ccco3)CC2)c1. The van der Waals surface area contributed by atoms with E-state index < -0.39 is 0 Å². The summed E-state index contributed by atoms with van der Waals surface area (Å²) in [6.45, 7) is 4.15. The molecule has 1 N–H and O–H groups in total. The van der Waals surface area contributed by atoms with Crippen molar-refractivity contribution < 1.29 is 14.0 Å². The largest absolute Gasteiger partial charge is 0.465 e. The number of hydrogen-bond acceptors (Lipinski definition) is 3. The average Bonchev–Trinajstić information content (AvgIpc) is 3.18. The Morgan fingerprint density at radius 2 is 2.04 bits per heavy atom.